The number of nitriles is 1. The Kier molecular flexibility index (Phi) is 4.93. The Morgan fingerprint density at radius 3 is 3.00 bits per heavy atom. The summed E-state index contributed by atoms with van der Waals surface area (Å²) in [5.41, 5.74) is 0.311. The van der Waals surface area contributed by atoms with E-state index in [2.05, 4.69) is 26.2 Å². The van der Waals surface area contributed by atoms with Crippen molar-refractivity contribution in [1.29, 1.82) is 5.26 Å². The number of rotatable bonds is 4. The summed E-state index contributed by atoms with van der Waals surface area (Å²) >= 11 is 3.19. The number of pyridine rings is 1. The van der Waals surface area contributed by atoms with Crippen LogP contribution in [0.1, 0.15) is 30.3 Å². The highest BCUT2D eigenvalue weighted by atomic mass is 79.9. The highest BCUT2D eigenvalue weighted by molar-refractivity contribution is 9.10. The highest BCUT2D eigenvalue weighted by Crippen LogP contribution is 2.06. The minimum absolute atomic E-state index is 0.311. The molecule has 0 saturated heterocycles. The van der Waals surface area contributed by atoms with Gasteiger partial charge in [0.1, 0.15) is 16.3 Å². The van der Waals surface area contributed by atoms with E-state index in [0.717, 1.165) is 6.42 Å². The van der Waals surface area contributed by atoms with Crippen LogP contribution in [0.2, 0.25) is 0 Å². The second kappa shape index (κ2) is 6.23. The third kappa shape index (κ3) is 3.63. The number of aromatic nitrogens is 1. The molecule has 4 nitrogen and oxygen atoms in total. The van der Waals surface area contributed by atoms with Gasteiger partial charge in [-0.05, 0) is 34.5 Å². The number of nitrogens with zero attached hydrogens (tertiary/aromatic N) is 2. The van der Waals surface area contributed by atoms with Crippen LogP contribution >= 0.6 is 15.9 Å². The van der Waals surface area contributed by atoms with Gasteiger partial charge in [0.2, 0.25) is 0 Å². The summed E-state index contributed by atoms with van der Waals surface area (Å²) in [4.78, 5) is 15.7. The standard InChI is InChI=1S/C11H12BrN3O/c1-2-4-8(7-13)14-11(16)9-5-3-6-10(12)15-9/h3,5-6,8H,2,4H2,1H3,(H,14,16). The molecule has 16 heavy (non-hydrogen) atoms. The molecule has 0 aliphatic heterocycles. The molecule has 1 atom stereocenters. The number of amides is 1. The zero-order valence-corrected chi connectivity index (χ0v) is 10.5. The summed E-state index contributed by atoms with van der Waals surface area (Å²) in [7, 11) is 0. The van der Waals surface area contributed by atoms with Gasteiger partial charge in [0, 0.05) is 0 Å². The van der Waals surface area contributed by atoms with Crippen LogP contribution in [-0.2, 0) is 0 Å². The van der Waals surface area contributed by atoms with E-state index in [4.69, 9.17) is 5.26 Å². The monoisotopic (exact) mass is 281 g/mol. The van der Waals surface area contributed by atoms with Crippen molar-refractivity contribution >= 4 is 21.8 Å². The lowest BCUT2D eigenvalue weighted by molar-refractivity contribution is 0.0938. The molecule has 5 heteroatoms. The van der Waals surface area contributed by atoms with Crippen molar-refractivity contribution in [1.82, 2.24) is 10.3 Å². The van der Waals surface area contributed by atoms with Crippen LogP contribution in [0.5, 0.6) is 0 Å². The fraction of sp³-hybridized carbons (Fsp3) is 0.364. The molecule has 0 aliphatic carbocycles. The molecule has 0 bridgehead atoms. The van der Waals surface area contributed by atoms with Gasteiger partial charge in [-0.3, -0.25) is 4.79 Å². The fourth-order valence-corrected chi connectivity index (χ4v) is 1.57. The number of halogens is 1. The molecule has 0 saturated carbocycles. The van der Waals surface area contributed by atoms with Crippen molar-refractivity contribution in [3.63, 3.8) is 0 Å². The molecule has 0 aromatic carbocycles. The smallest absolute Gasteiger partial charge is 0.270 e. The van der Waals surface area contributed by atoms with Crippen molar-refractivity contribution in [2.45, 2.75) is 25.8 Å². The Balaban J connectivity index is 2.69. The van der Waals surface area contributed by atoms with Gasteiger partial charge in [0.25, 0.3) is 5.91 Å². The van der Waals surface area contributed by atoms with Gasteiger partial charge < -0.3 is 5.32 Å². The lowest BCUT2D eigenvalue weighted by Crippen LogP contribution is -2.34. The van der Waals surface area contributed by atoms with Gasteiger partial charge in [-0.2, -0.15) is 5.26 Å². The molecule has 0 radical (unpaired) electrons. The van der Waals surface area contributed by atoms with Gasteiger partial charge in [-0.1, -0.05) is 19.4 Å². The summed E-state index contributed by atoms with van der Waals surface area (Å²) in [5, 5.41) is 11.4. The SMILES string of the molecule is CCCC(C#N)NC(=O)c1cccc(Br)n1. The first-order valence-electron chi connectivity index (χ1n) is 5.00. The van der Waals surface area contributed by atoms with Gasteiger partial charge in [0.05, 0.1) is 6.07 Å². The molecule has 1 rings (SSSR count). The second-order valence-corrected chi connectivity index (χ2v) is 4.10. The zero-order chi connectivity index (χ0) is 12.0. The lowest BCUT2D eigenvalue weighted by atomic mass is 10.2. The van der Waals surface area contributed by atoms with Crippen LogP contribution < -0.4 is 5.32 Å². The Bertz CT molecular complexity index is 414. The maximum atomic E-state index is 11.7. The first-order valence-corrected chi connectivity index (χ1v) is 5.79. The molecule has 0 aliphatic rings. The number of hydrogen-bond acceptors (Lipinski definition) is 3. The van der Waals surface area contributed by atoms with Crippen molar-refractivity contribution in [3.8, 4) is 6.07 Å². The van der Waals surface area contributed by atoms with E-state index >= 15 is 0 Å². The van der Waals surface area contributed by atoms with Crippen molar-refractivity contribution in [3.05, 3.63) is 28.5 Å². The first kappa shape index (κ1) is 12.7. The fourth-order valence-electron chi connectivity index (χ4n) is 1.22. The maximum Gasteiger partial charge on any atom is 0.270 e. The summed E-state index contributed by atoms with van der Waals surface area (Å²) in [5.74, 6) is -0.318. The Hall–Kier alpha value is -1.41. The van der Waals surface area contributed by atoms with Gasteiger partial charge in [-0.25, -0.2) is 4.98 Å². The molecule has 1 heterocycles. The average Bonchev–Trinajstić information content (AvgIpc) is 2.28. The van der Waals surface area contributed by atoms with E-state index in [1.807, 2.05) is 13.0 Å². The first-order chi connectivity index (χ1) is 7.67. The molecular weight excluding hydrogens is 270 g/mol. The van der Waals surface area contributed by atoms with Crippen LogP contribution in [0.3, 0.4) is 0 Å². The molecule has 1 aromatic rings. The predicted molar refractivity (Wildman–Crippen MR) is 63.7 cm³/mol. The number of carbonyl (C=O) groups is 1. The van der Waals surface area contributed by atoms with Crippen molar-refractivity contribution in [2.75, 3.05) is 0 Å². The Morgan fingerprint density at radius 2 is 2.44 bits per heavy atom. The molecule has 1 amide bonds. The third-order valence-corrected chi connectivity index (χ3v) is 2.43. The quantitative estimate of drug-likeness (QED) is 0.861. The van der Waals surface area contributed by atoms with Crippen LogP contribution in [0.15, 0.2) is 22.8 Å². The number of hydrogen-bond donors (Lipinski definition) is 1. The zero-order valence-electron chi connectivity index (χ0n) is 8.90. The summed E-state index contributed by atoms with van der Waals surface area (Å²) in [6, 6.07) is 6.68. The minimum Gasteiger partial charge on any atom is -0.335 e. The molecule has 0 fully saturated rings. The van der Waals surface area contributed by atoms with E-state index in [-0.39, 0.29) is 5.91 Å². The number of carbonyl (C=O) groups excluding carboxylic acids is 1. The van der Waals surface area contributed by atoms with E-state index in [0.29, 0.717) is 16.7 Å². The topological polar surface area (TPSA) is 65.8 Å². The normalized spacial score (nSPS) is 11.6. The molecular formula is C11H12BrN3O. The average molecular weight is 282 g/mol. The molecule has 1 N–H and O–H groups in total. The van der Waals surface area contributed by atoms with Gasteiger partial charge in [0.15, 0.2) is 0 Å². The Labute approximate surface area is 103 Å². The molecule has 1 unspecified atom stereocenters. The van der Waals surface area contributed by atoms with Crippen LogP contribution in [0, 0.1) is 11.3 Å². The number of nitrogens with one attached hydrogen (secondary N) is 1. The third-order valence-electron chi connectivity index (χ3n) is 1.99. The maximum absolute atomic E-state index is 11.7. The van der Waals surface area contributed by atoms with Crippen molar-refractivity contribution in [2.24, 2.45) is 0 Å². The lowest BCUT2D eigenvalue weighted by Gasteiger charge is -2.09. The van der Waals surface area contributed by atoms with Crippen molar-refractivity contribution < 1.29 is 4.79 Å². The van der Waals surface area contributed by atoms with E-state index < -0.39 is 6.04 Å². The van der Waals surface area contributed by atoms with E-state index in [1.165, 1.54) is 0 Å². The van der Waals surface area contributed by atoms with Crippen LogP contribution in [-0.4, -0.2) is 16.9 Å². The Morgan fingerprint density at radius 1 is 1.69 bits per heavy atom. The minimum atomic E-state index is -0.446. The van der Waals surface area contributed by atoms with E-state index in [1.54, 1.807) is 18.2 Å². The summed E-state index contributed by atoms with van der Waals surface area (Å²) < 4.78 is 0.601. The summed E-state index contributed by atoms with van der Waals surface area (Å²) in [6.07, 6.45) is 1.50. The van der Waals surface area contributed by atoms with E-state index in [9.17, 15) is 4.79 Å². The van der Waals surface area contributed by atoms with Gasteiger partial charge in [-0.15, -0.1) is 0 Å². The van der Waals surface area contributed by atoms with Crippen LogP contribution in [0.25, 0.3) is 0 Å². The predicted octanol–water partition coefficient (Wildman–Crippen LogP) is 2.27. The highest BCUT2D eigenvalue weighted by Gasteiger charge is 2.13. The second-order valence-electron chi connectivity index (χ2n) is 3.29. The molecule has 1 aromatic heterocycles. The summed E-state index contributed by atoms with van der Waals surface area (Å²) in [6.45, 7) is 1.97. The molecule has 0 spiro atoms. The molecule has 84 valence electrons. The van der Waals surface area contributed by atoms with Gasteiger partial charge >= 0.3 is 0 Å². The largest absolute Gasteiger partial charge is 0.335 e. The van der Waals surface area contributed by atoms with Crippen LogP contribution in [0.4, 0.5) is 0 Å².